The first kappa shape index (κ1) is 21.0. The van der Waals surface area contributed by atoms with Crippen molar-refractivity contribution in [3.05, 3.63) is 81.9 Å². The zero-order valence-corrected chi connectivity index (χ0v) is 16.4. The summed E-state index contributed by atoms with van der Waals surface area (Å²) in [6, 6.07) is 12.0. The first-order chi connectivity index (χ1) is 14.8. The highest BCUT2D eigenvalue weighted by atomic mass is 35.5. The number of carbonyl (C=O) groups is 1. The van der Waals surface area contributed by atoms with Crippen molar-refractivity contribution >= 4 is 17.5 Å². The Kier molecular flexibility index (Phi) is 5.49. The molecule has 1 aliphatic heterocycles. The topological polar surface area (TPSA) is 61.6 Å². The van der Waals surface area contributed by atoms with Gasteiger partial charge in [-0.2, -0.15) is 8.78 Å². The minimum absolute atomic E-state index is 0.0979. The van der Waals surface area contributed by atoms with E-state index >= 15 is 4.39 Å². The molecule has 1 aliphatic rings. The predicted octanol–water partition coefficient (Wildman–Crippen LogP) is 5.66. The molecular formula is C22H14ClF4NO3. The van der Waals surface area contributed by atoms with Gasteiger partial charge < -0.3 is 15.2 Å². The molecule has 31 heavy (non-hydrogen) atoms. The van der Waals surface area contributed by atoms with Crippen LogP contribution in [0.25, 0.3) is 11.1 Å². The molecule has 0 aromatic heterocycles. The van der Waals surface area contributed by atoms with E-state index in [1.807, 2.05) is 6.07 Å². The molecule has 0 spiro atoms. The van der Waals surface area contributed by atoms with Gasteiger partial charge in [0.1, 0.15) is 17.7 Å². The van der Waals surface area contributed by atoms with Crippen LogP contribution in [0.15, 0.2) is 48.5 Å². The lowest BCUT2D eigenvalue weighted by molar-refractivity contribution is -0.0521. The lowest BCUT2D eigenvalue weighted by Crippen LogP contribution is -2.15. The molecule has 4 nitrogen and oxygen atoms in total. The Morgan fingerprint density at radius 3 is 2.48 bits per heavy atom. The maximum atomic E-state index is 15.3. The summed E-state index contributed by atoms with van der Waals surface area (Å²) in [7, 11) is 0. The number of nitrogens with two attached hydrogens (primary N) is 1. The molecule has 0 aliphatic carbocycles. The van der Waals surface area contributed by atoms with Crippen molar-refractivity contribution in [2.24, 2.45) is 5.73 Å². The molecule has 0 saturated heterocycles. The normalized spacial score (nSPS) is 15.0. The Bertz CT molecular complexity index is 1170. The van der Waals surface area contributed by atoms with E-state index in [1.54, 1.807) is 24.3 Å². The molecule has 1 atom stereocenters. The van der Waals surface area contributed by atoms with Crippen molar-refractivity contribution in [3.63, 3.8) is 0 Å². The average molecular weight is 452 g/mol. The van der Waals surface area contributed by atoms with Gasteiger partial charge in [0.2, 0.25) is 5.91 Å². The van der Waals surface area contributed by atoms with E-state index < -0.39 is 46.6 Å². The average Bonchev–Trinajstić information content (AvgIpc) is 3.14. The van der Waals surface area contributed by atoms with E-state index in [0.29, 0.717) is 5.56 Å². The van der Waals surface area contributed by atoms with Crippen LogP contribution in [0.5, 0.6) is 11.5 Å². The molecular weight excluding hydrogens is 438 g/mol. The van der Waals surface area contributed by atoms with Gasteiger partial charge in [-0.3, -0.25) is 4.79 Å². The predicted molar refractivity (Wildman–Crippen MR) is 105 cm³/mol. The summed E-state index contributed by atoms with van der Waals surface area (Å²) < 4.78 is 65.3. The van der Waals surface area contributed by atoms with Gasteiger partial charge in [0, 0.05) is 29.2 Å². The van der Waals surface area contributed by atoms with Crippen LogP contribution < -0.4 is 15.2 Å². The molecule has 3 aromatic rings. The second kappa shape index (κ2) is 8.11. The first-order valence-electron chi connectivity index (χ1n) is 9.08. The molecule has 3 aromatic carbocycles. The summed E-state index contributed by atoms with van der Waals surface area (Å²) >= 11 is 6.17. The molecule has 2 N–H and O–H groups in total. The van der Waals surface area contributed by atoms with Gasteiger partial charge in [0.15, 0.2) is 11.6 Å². The summed E-state index contributed by atoms with van der Waals surface area (Å²) in [6.45, 7) is -3.32. The smallest absolute Gasteiger partial charge is 0.387 e. The van der Waals surface area contributed by atoms with Crippen LogP contribution in [-0.4, -0.2) is 12.5 Å². The van der Waals surface area contributed by atoms with Crippen LogP contribution in [0, 0.1) is 11.6 Å². The van der Waals surface area contributed by atoms with Gasteiger partial charge in [0.05, 0.1) is 10.6 Å². The fraction of sp³-hybridized carbons (Fsp3) is 0.136. The van der Waals surface area contributed by atoms with Gasteiger partial charge in [-0.05, 0) is 17.7 Å². The van der Waals surface area contributed by atoms with Gasteiger partial charge in [-0.15, -0.1) is 0 Å². The molecule has 1 unspecified atom stereocenters. The van der Waals surface area contributed by atoms with Gasteiger partial charge in [0.25, 0.3) is 0 Å². The minimum Gasteiger partial charge on any atom is -0.485 e. The highest BCUT2D eigenvalue weighted by Gasteiger charge is 2.33. The fourth-order valence-electron chi connectivity index (χ4n) is 3.64. The third kappa shape index (κ3) is 3.79. The molecule has 4 rings (SSSR count). The monoisotopic (exact) mass is 451 g/mol. The molecule has 9 heteroatoms. The van der Waals surface area contributed by atoms with Crippen molar-refractivity contribution in [1.82, 2.24) is 0 Å². The number of benzene rings is 3. The number of hydrogen-bond acceptors (Lipinski definition) is 3. The Morgan fingerprint density at radius 2 is 1.84 bits per heavy atom. The standard InChI is InChI=1S/C22H14ClF4NO3/c23-19-13(24)9-16-12(8-15(30-16)10-4-2-1-3-5-10)17(19)18-11(21(28)29)6-7-14(20(18)25)31-22(26)27/h1-7,9,15,22H,8H2,(H2,28,29). The van der Waals surface area contributed by atoms with E-state index in [-0.39, 0.29) is 23.3 Å². The molecule has 0 fully saturated rings. The van der Waals surface area contributed by atoms with E-state index in [1.165, 1.54) is 0 Å². The molecule has 1 amide bonds. The number of carbonyl (C=O) groups excluding carboxylic acids is 1. The van der Waals surface area contributed by atoms with Crippen molar-refractivity contribution in [3.8, 4) is 22.6 Å². The summed E-state index contributed by atoms with van der Waals surface area (Å²) in [5.74, 6) is -4.03. The Balaban J connectivity index is 1.94. The van der Waals surface area contributed by atoms with Crippen LogP contribution in [0.4, 0.5) is 17.6 Å². The van der Waals surface area contributed by atoms with Crippen molar-refractivity contribution in [2.75, 3.05) is 0 Å². The number of alkyl halides is 2. The highest BCUT2D eigenvalue weighted by Crippen LogP contribution is 2.48. The molecule has 1 heterocycles. The van der Waals surface area contributed by atoms with Crippen molar-refractivity contribution in [1.29, 1.82) is 0 Å². The maximum absolute atomic E-state index is 15.3. The number of halogens is 5. The summed E-state index contributed by atoms with van der Waals surface area (Å²) in [4.78, 5) is 12.0. The minimum atomic E-state index is -3.32. The van der Waals surface area contributed by atoms with Gasteiger partial charge >= 0.3 is 6.61 Å². The van der Waals surface area contributed by atoms with Crippen molar-refractivity contribution < 1.29 is 31.8 Å². The largest absolute Gasteiger partial charge is 0.485 e. The molecule has 0 saturated carbocycles. The fourth-order valence-corrected chi connectivity index (χ4v) is 3.90. The maximum Gasteiger partial charge on any atom is 0.387 e. The number of ether oxygens (including phenoxy) is 2. The Morgan fingerprint density at radius 1 is 1.13 bits per heavy atom. The lowest BCUT2D eigenvalue weighted by atomic mass is 9.91. The van der Waals surface area contributed by atoms with Crippen LogP contribution in [0.2, 0.25) is 5.02 Å². The second-order valence-corrected chi connectivity index (χ2v) is 7.17. The zero-order valence-electron chi connectivity index (χ0n) is 15.7. The summed E-state index contributed by atoms with van der Waals surface area (Å²) in [5.41, 5.74) is 5.38. The number of rotatable bonds is 5. The SMILES string of the molecule is NC(=O)c1ccc(OC(F)F)c(F)c1-c1c(Cl)c(F)cc2c1CC(c1ccccc1)O2. The van der Waals surface area contributed by atoms with Crippen molar-refractivity contribution in [2.45, 2.75) is 19.1 Å². The zero-order chi connectivity index (χ0) is 22.3. The molecule has 0 bridgehead atoms. The Hall–Kier alpha value is -3.26. The quantitative estimate of drug-likeness (QED) is 0.509. The number of primary amides is 1. The molecule has 160 valence electrons. The second-order valence-electron chi connectivity index (χ2n) is 6.79. The number of amides is 1. The van der Waals surface area contributed by atoms with E-state index in [0.717, 1.165) is 23.8 Å². The van der Waals surface area contributed by atoms with E-state index in [9.17, 15) is 18.0 Å². The molecule has 0 radical (unpaired) electrons. The Labute approximate surface area is 179 Å². The van der Waals surface area contributed by atoms with E-state index in [4.69, 9.17) is 22.1 Å². The third-order valence-corrected chi connectivity index (χ3v) is 5.32. The highest BCUT2D eigenvalue weighted by molar-refractivity contribution is 6.34. The summed E-state index contributed by atoms with van der Waals surface area (Å²) in [6.07, 6.45) is -0.347. The van der Waals surface area contributed by atoms with Crippen LogP contribution in [0.1, 0.15) is 27.6 Å². The summed E-state index contributed by atoms with van der Waals surface area (Å²) in [5, 5.41) is -0.494. The van der Waals surface area contributed by atoms with Gasteiger partial charge in [-0.25, -0.2) is 8.78 Å². The first-order valence-corrected chi connectivity index (χ1v) is 9.45. The van der Waals surface area contributed by atoms with Gasteiger partial charge in [-0.1, -0.05) is 41.9 Å². The van der Waals surface area contributed by atoms with Crippen LogP contribution >= 0.6 is 11.6 Å². The lowest BCUT2D eigenvalue weighted by Gasteiger charge is -2.16. The van der Waals surface area contributed by atoms with Crippen LogP contribution in [0.3, 0.4) is 0 Å². The van der Waals surface area contributed by atoms with Crippen LogP contribution in [-0.2, 0) is 6.42 Å². The van der Waals surface area contributed by atoms with E-state index in [2.05, 4.69) is 4.74 Å². The number of fused-ring (bicyclic) bond motifs is 1. The third-order valence-electron chi connectivity index (χ3n) is 4.95. The number of hydrogen-bond donors (Lipinski definition) is 1.